The predicted molar refractivity (Wildman–Crippen MR) is 123 cm³/mol. The zero-order valence-corrected chi connectivity index (χ0v) is 18.4. The molecule has 0 fully saturated rings. The fraction of sp³-hybridized carbons (Fsp3) is 0.130. The summed E-state index contributed by atoms with van der Waals surface area (Å²) in [6, 6.07) is 9.24. The maximum atomic E-state index is 15.0. The molecule has 0 aliphatic heterocycles. The second-order valence-electron chi connectivity index (χ2n) is 7.01. The van der Waals surface area contributed by atoms with Gasteiger partial charge in [-0.15, -0.1) is 0 Å². The van der Waals surface area contributed by atoms with Gasteiger partial charge in [0, 0.05) is 45.7 Å². The topological polar surface area (TPSA) is 57.8 Å². The van der Waals surface area contributed by atoms with E-state index in [0.29, 0.717) is 33.4 Å². The van der Waals surface area contributed by atoms with Crippen molar-refractivity contribution in [3.05, 3.63) is 82.4 Å². The molecule has 0 atom stereocenters. The van der Waals surface area contributed by atoms with Gasteiger partial charge in [-0.2, -0.15) is 0 Å². The average molecular weight is 476 g/mol. The van der Waals surface area contributed by atoms with Crippen LogP contribution in [0.3, 0.4) is 0 Å². The third kappa shape index (κ3) is 4.20. The number of aromatic nitrogens is 2. The van der Waals surface area contributed by atoms with Gasteiger partial charge in [0.05, 0.1) is 5.56 Å². The molecular formula is C23H17ClF3N3OS. The Hall–Kier alpha value is -2.97. The van der Waals surface area contributed by atoms with Crippen LogP contribution in [0.2, 0.25) is 5.02 Å². The van der Waals surface area contributed by atoms with Crippen molar-refractivity contribution in [3.63, 3.8) is 0 Å². The highest BCUT2D eigenvalue weighted by molar-refractivity contribution is 8.00. The summed E-state index contributed by atoms with van der Waals surface area (Å²) in [6.07, 6.45) is 3.72. The largest absolute Gasteiger partial charge is 0.345 e. The molecule has 4 aromatic rings. The van der Waals surface area contributed by atoms with E-state index < -0.39 is 34.5 Å². The predicted octanol–water partition coefficient (Wildman–Crippen LogP) is 7.00. The van der Waals surface area contributed by atoms with Crippen molar-refractivity contribution >= 4 is 46.1 Å². The Morgan fingerprint density at radius 2 is 1.88 bits per heavy atom. The first-order valence-corrected chi connectivity index (χ1v) is 11.1. The molecule has 4 nitrogen and oxygen atoms in total. The Balaban J connectivity index is 1.78. The highest BCUT2D eigenvalue weighted by Gasteiger charge is 2.27. The number of aromatic amines is 1. The van der Waals surface area contributed by atoms with E-state index in [-0.39, 0.29) is 5.56 Å². The number of benzene rings is 2. The molecule has 0 saturated carbocycles. The van der Waals surface area contributed by atoms with Crippen molar-refractivity contribution in [2.75, 3.05) is 10.5 Å². The van der Waals surface area contributed by atoms with Crippen LogP contribution in [0.15, 0.2) is 48.8 Å². The first-order valence-electron chi connectivity index (χ1n) is 9.73. The molecule has 164 valence electrons. The highest BCUT2D eigenvalue weighted by Crippen LogP contribution is 2.31. The van der Waals surface area contributed by atoms with E-state index in [1.165, 1.54) is 6.20 Å². The Morgan fingerprint density at radius 3 is 2.59 bits per heavy atom. The summed E-state index contributed by atoms with van der Waals surface area (Å²) in [5.74, 6) is -3.98. The number of pyridine rings is 1. The molecule has 4 rings (SSSR count). The highest BCUT2D eigenvalue weighted by atomic mass is 35.5. The van der Waals surface area contributed by atoms with Crippen molar-refractivity contribution in [2.45, 2.75) is 13.3 Å². The number of hydrogen-bond acceptors (Lipinski definition) is 4. The molecule has 0 spiro atoms. The Kier molecular flexibility index (Phi) is 6.43. The average Bonchev–Trinajstić information content (AvgIpc) is 3.19. The molecule has 0 bridgehead atoms. The number of anilines is 1. The minimum absolute atomic E-state index is 0.0277. The van der Waals surface area contributed by atoms with Crippen molar-refractivity contribution in [1.29, 1.82) is 0 Å². The number of rotatable bonds is 7. The summed E-state index contributed by atoms with van der Waals surface area (Å²) in [4.78, 5) is 20.3. The SMILES string of the molecule is CCCSNc1c(F)cc(F)c(C(=O)c2c[nH]c3ncc(-c4ccc(Cl)cc4)cc23)c1F. The number of nitrogens with zero attached hydrogens (tertiary/aromatic N) is 1. The molecule has 2 heterocycles. The molecule has 0 saturated heterocycles. The van der Waals surface area contributed by atoms with Crippen molar-refractivity contribution in [3.8, 4) is 11.1 Å². The van der Waals surface area contributed by atoms with Gasteiger partial charge in [0.25, 0.3) is 0 Å². The van der Waals surface area contributed by atoms with Gasteiger partial charge in [-0.3, -0.25) is 4.79 Å². The second kappa shape index (κ2) is 9.26. The van der Waals surface area contributed by atoms with Crippen LogP contribution in [0.25, 0.3) is 22.2 Å². The lowest BCUT2D eigenvalue weighted by atomic mass is 9.99. The quantitative estimate of drug-likeness (QED) is 0.171. The molecule has 32 heavy (non-hydrogen) atoms. The summed E-state index contributed by atoms with van der Waals surface area (Å²) in [6.45, 7) is 1.91. The molecule has 0 aliphatic carbocycles. The van der Waals surface area contributed by atoms with E-state index in [4.69, 9.17) is 11.6 Å². The summed E-state index contributed by atoms with van der Waals surface area (Å²) >= 11 is 7.01. The van der Waals surface area contributed by atoms with Gasteiger partial charge >= 0.3 is 0 Å². The molecule has 0 aliphatic rings. The Bertz CT molecular complexity index is 1310. The third-order valence-electron chi connectivity index (χ3n) is 4.83. The van der Waals surface area contributed by atoms with Gasteiger partial charge < -0.3 is 9.71 Å². The molecule has 9 heteroatoms. The van der Waals surface area contributed by atoms with Crippen LogP contribution in [0.4, 0.5) is 18.9 Å². The van der Waals surface area contributed by atoms with Crippen LogP contribution < -0.4 is 4.72 Å². The van der Waals surface area contributed by atoms with E-state index in [9.17, 15) is 13.6 Å². The zero-order valence-electron chi connectivity index (χ0n) is 16.8. The van der Waals surface area contributed by atoms with Gasteiger partial charge in [-0.25, -0.2) is 18.2 Å². The lowest BCUT2D eigenvalue weighted by Gasteiger charge is -2.11. The van der Waals surface area contributed by atoms with Gasteiger partial charge in [-0.1, -0.05) is 42.6 Å². The van der Waals surface area contributed by atoms with Gasteiger partial charge in [0.2, 0.25) is 5.78 Å². The van der Waals surface area contributed by atoms with E-state index in [2.05, 4.69) is 14.7 Å². The fourth-order valence-electron chi connectivity index (χ4n) is 3.24. The van der Waals surface area contributed by atoms with Crippen LogP contribution in [-0.4, -0.2) is 21.5 Å². The molecule has 2 aromatic heterocycles. The van der Waals surface area contributed by atoms with Crippen LogP contribution in [0.1, 0.15) is 29.3 Å². The normalized spacial score (nSPS) is 11.2. The molecular weight excluding hydrogens is 459 g/mol. The minimum Gasteiger partial charge on any atom is -0.345 e. The van der Waals surface area contributed by atoms with Crippen molar-refractivity contribution in [2.24, 2.45) is 0 Å². The minimum atomic E-state index is -1.27. The number of halogens is 4. The van der Waals surface area contributed by atoms with E-state index in [1.807, 2.05) is 6.92 Å². The maximum absolute atomic E-state index is 15.0. The Labute approximate surface area is 191 Å². The van der Waals surface area contributed by atoms with Crippen LogP contribution in [0, 0.1) is 17.5 Å². The number of carbonyl (C=O) groups is 1. The van der Waals surface area contributed by atoms with Crippen molar-refractivity contribution < 1.29 is 18.0 Å². The smallest absolute Gasteiger partial charge is 0.201 e. The fourth-order valence-corrected chi connectivity index (χ4v) is 4.01. The summed E-state index contributed by atoms with van der Waals surface area (Å²) in [7, 11) is 0. The lowest BCUT2D eigenvalue weighted by molar-refractivity contribution is 0.103. The molecule has 2 aromatic carbocycles. The zero-order chi connectivity index (χ0) is 22.8. The number of ketones is 1. The van der Waals surface area contributed by atoms with Crippen LogP contribution in [0.5, 0.6) is 0 Å². The number of nitrogens with one attached hydrogen (secondary N) is 2. The summed E-state index contributed by atoms with van der Waals surface area (Å²) < 4.78 is 46.3. The first kappa shape index (κ1) is 22.2. The van der Waals surface area contributed by atoms with Crippen LogP contribution in [-0.2, 0) is 0 Å². The maximum Gasteiger partial charge on any atom is 0.201 e. The number of fused-ring (bicyclic) bond motifs is 1. The number of H-pyrrole nitrogens is 1. The third-order valence-corrected chi connectivity index (χ3v) is 6.04. The molecule has 0 amide bonds. The van der Waals surface area contributed by atoms with Gasteiger partial charge in [0.15, 0.2) is 11.6 Å². The summed E-state index contributed by atoms with van der Waals surface area (Å²) in [5.41, 5.74) is 0.533. The molecule has 0 radical (unpaired) electrons. The van der Waals surface area contributed by atoms with E-state index >= 15 is 4.39 Å². The number of hydrogen-bond donors (Lipinski definition) is 2. The lowest BCUT2D eigenvalue weighted by Crippen LogP contribution is -2.11. The standard InChI is InChI=1S/C23H17ClF3N3OS/c1-2-7-32-30-21-18(26)9-17(25)19(20(21)27)22(31)16-11-29-23-15(16)8-13(10-28-23)12-3-5-14(24)6-4-12/h3-6,8-11,30H,2,7H2,1H3,(H,28,29). The Morgan fingerprint density at radius 1 is 1.12 bits per heavy atom. The second-order valence-corrected chi connectivity index (χ2v) is 8.35. The number of carbonyl (C=O) groups excluding carboxylic acids is 1. The van der Waals surface area contributed by atoms with E-state index in [1.54, 1.807) is 36.5 Å². The van der Waals surface area contributed by atoms with Gasteiger partial charge in [0.1, 0.15) is 17.2 Å². The van der Waals surface area contributed by atoms with Crippen molar-refractivity contribution in [1.82, 2.24) is 9.97 Å². The molecule has 0 unspecified atom stereocenters. The van der Waals surface area contributed by atoms with E-state index in [0.717, 1.165) is 23.9 Å². The first-order chi connectivity index (χ1) is 15.4. The van der Waals surface area contributed by atoms with Crippen LogP contribution >= 0.6 is 23.5 Å². The summed E-state index contributed by atoms with van der Waals surface area (Å²) in [5, 5.41) is 0.963. The monoisotopic (exact) mass is 475 g/mol. The van der Waals surface area contributed by atoms with Gasteiger partial charge in [-0.05, 0) is 30.2 Å². The molecule has 2 N–H and O–H groups in total.